The molecule has 42 heavy (non-hydrogen) atoms. The Kier molecular flexibility index (Phi) is 8.54. The first-order chi connectivity index (χ1) is 20.2. The van der Waals surface area contributed by atoms with Crippen molar-refractivity contribution >= 4 is 45.9 Å². The zero-order valence-corrected chi connectivity index (χ0v) is 25.0. The Bertz CT molecular complexity index is 1630. The second-order valence-corrected chi connectivity index (χ2v) is 11.5. The number of benzene rings is 2. The number of esters is 1. The third kappa shape index (κ3) is 5.85. The lowest BCUT2D eigenvalue weighted by molar-refractivity contribution is -0.384. The molecule has 218 valence electrons. The lowest BCUT2D eigenvalue weighted by Crippen LogP contribution is -2.30. The van der Waals surface area contributed by atoms with Crippen LogP contribution in [0.5, 0.6) is 0 Å². The summed E-state index contributed by atoms with van der Waals surface area (Å²) in [5.74, 6) is -0.820. The maximum atomic E-state index is 12.8. The molecule has 1 fully saturated rings. The van der Waals surface area contributed by atoms with Crippen molar-refractivity contribution in [2.75, 3.05) is 24.6 Å². The number of thioether (sulfide) groups is 1. The average Bonchev–Trinajstić information content (AvgIpc) is 3.43. The van der Waals surface area contributed by atoms with Crippen LogP contribution in [-0.4, -0.2) is 45.3 Å². The Balaban J connectivity index is 1.53. The van der Waals surface area contributed by atoms with Gasteiger partial charge < -0.3 is 19.3 Å². The molecule has 1 N–H and O–H groups in total. The summed E-state index contributed by atoms with van der Waals surface area (Å²) in [5.41, 5.74) is 5.74. The van der Waals surface area contributed by atoms with Gasteiger partial charge in [-0.05, 0) is 88.9 Å². The third-order valence-corrected chi connectivity index (χ3v) is 8.52. The molecule has 9 nitrogen and oxygen atoms in total. The van der Waals surface area contributed by atoms with Gasteiger partial charge in [-0.2, -0.15) is 0 Å². The largest absolute Gasteiger partial charge is 0.506 e. The molecule has 0 spiro atoms. The van der Waals surface area contributed by atoms with Crippen LogP contribution in [0.3, 0.4) is 0 Å². The van der Waals surface area contributed by atoms with Crippen molar-refractivity contribution in [3.05, 3.63) is 97.4 Å². The minimum absolute atomic E-state index is 0.0337. The molecule has 2 aliphatic rings. The van der Waals surface area contributed by atoms with E-state index in [2.05, 4.69) is 9.89 Å². The minimum atomic E-state index is -0.636. The number of carbonyl (C=O) groups excluding carboxylic acids is 1. The second kappa shape index (κ2) is 12.3. The van der Waals surface area contributed by atoms with E-state index in [1.54, 1.807) is 13.0 Å². The van der Waals surface area contributed by atoms with Gasteiger partial charge in [0.25, 0.3) is 5.69 Å². The molecule has 2 aliphatic heterocycles. The molecule has 1 aromatic heterocycles. The number of nitro groups is 1. The van der Waals surface area contributed by atoms with Gasteiger partial charge in [-0.3, -0.25) is 10.1 Å². The molecular weight excluding hydrogens is 552 g/mol. The fraction of sp³-hybridized carbons (Fsp3) is 0.312. The summed E-state index contributed by atoms with van der Waals surface area (Å²) in [5, 5.41) is 23.6. The summed E-state index contributed by atoms with van der Waals surface area (Å²) in [4.78, 5) is 31.8. The molecule has 0 saturated carbocycles. The van der Waals surface area contributed by atoms with Crippen LogP contribution in [0, 0.1) is 30.9 Å². The Morgan fingerprint density at radius 3 is 2.48 bits per heavy atom. The van der Waals surface area contributed by atoms with Crippen molar-refractivity contribution < 1.29 is 19.6 Å². The highest BCUT2D eigenvalue weighted by molar-refractivity contribution is 8.18. The maximum Gasteiger partial charge on any atom is 0.344 e. The number of aliphatic hydroxyl groups excluding tert-OH is 1. The lowest BCUT2D eigenvalue weighted by atomic mass is 10.1. The summed E-state index contributed by atoms with van der Waals surface area (Å²) in [6.45, 7) is 9.36. The molecule has 3 heterocycles. The molecule has 1 saturated heterocycles. The van der Waals surface area contributed by atoms with Gasteiger partial charge in [-0.25, -0.2) is 9.79 Å². The van der Waals surface area contributed by atoms with Gasteiger partial charge in [0.2, 0.25) is 0 Å². The number of aromatic nitrogens is 1. The molecule has 0 amide bonds. The first kappa shape index (κ1) is 29.2. The number of aryl methyl sites for hydroxylation is 2. The van der Waals surface area contributed by atoms with E-state index in [4.69, 9.17) is 4.74 Å². The second-order valence-electron chi connectivity index (χ2n) is 10.4. The smallest absolute Gasteiger partial charge is 0.344 e. The van der Waals surface area contributed by atoms with Crippen molar-refractivity contribution in [1.29, 1.82) is 0 Å². The standard InChI is InChI=1S/C32H34N4O5S/c1-5-41-32(38)29-30(37)28(42-31(29)33-24-11-9-20(2)10-12-24)18-23-17-21(3)35(22(23)4)25-13-14-26(27(19-25)36(39)40)34-15-7-6-8-16-34/h9-14,17-19,37H,5-8,15-16H2,1-4H3/b28-18-,33-31?. The summed E-state index contributed by atoms with van der Waals surface area (Å²) in [6.07, 6.45) is 5.01. The van der Waals surface area contributed by atoms with Crippen LogP contribution in [-0.2, 0) is 9.53 Å². The topological polar surface area (TPSA) is 110 Å². The maximum absolute atomic E-state index is 12.8. The number of carbonyl (C=O) groups is 1. The van der Waals surface area contributed by atoms with Gasteiger partial charge in [0.05, 0.1) is 27.8 Å². The molecule has 10 heteroatoms. The minimum Gasteiger partial charge on any atom is -0.506 e. The normalized spacial score (nSPS) is 17.4. The van der Waals surface area contributed by atoms with E-state index < -0.39 is 5.97 Å². The van der Waals surface area contributed by atoms with Gasteiger partial charge in [0.15, 0.2) is 0 Å². The number of ether oxygens (including phenoxy) is 1. The Morgan fingerprint density at radius 1 is 1.10 bits per heavy atom. The van der Waals surface area contributed by atoms with Gasteiger partial charge in [-0.15, -0.1) is 0 Å². The van der Waals surface area contributed by atoms with Crippen LogP contribution in [0.15, 0.2) is 69.8 Å². The first-order valence-electron chi connectivity index (χ1n) is 14.1. The molecule has 0 aliphatic carbocycles. The molecule has 0 atom stereocenters. The zero-order chi connectivity index (χ0) is 30.0. The fourth-order valence-corrected chi connectivity index (χ4v) is 6.43. The summed E-state index contributed by atoms with van der Waals surface area (Å²) < 4.78 is 7.20. The van der Waals surface area contributed by atoms with Crippen LogP contribution in [0.25, 0.3) is 11.8 Å². The molecule has 0 bridgehead atoms. The summed E-state index contributed by atoms with van der Waals surface area (Å²) in [6, 6.07) is 14.9. The van der Waals surface area contributed by atoms with E-state index in [0.717, 1.165) is 54.9 Å². The Morgan fingerprint density at radius 2 is 1.81 bits per heavy atom. The van der Waals surface area contributed by atoms with E-state index in [9.17, 15) is 20.0 Å². The summed E-state index contributed by atoms with van der Waals surface area (Å²) >= 11 is 1.20. The van der Waals surface area contributed by atoms with Crippen molar-refractivity contribution in [3.63, 3.8) is 0 Å². The predicted molar refractivity (Wildman–Crippen MR) is 168 cm³/mol. The van der Waals surface area contributed by atoms with Crippen LogP contribution in [0.2, 0.25) is 0 Å². The van der Waals surface area contributed by atoms with Crippen molar-refractivity contribution in [3.8, 4) is 5.69 Å². The number of nitrogens with zero attached hydrogens (tertiary/aromatic N) is 4. The molecule has 2 aromatic carbocycles. The van der Waals surface area contributed by atoms with E-state index in [1.165, 1.54) is 11.8 Å². The van der Waals surface area contributed by atoms with Crippen LogP contribution < -0.4 is 4.90 Å². The average molecular weight is 587 g/mol. The van der Waals surface area contributed by atoms with Crippen LogP contribution >= 0.6 is 11.8 Å². The van der Waals surface area contributed by atoms with E-state index in [0.29, 0.717) is 27.0 Å². The lowest BCUT2D eigenvalue weighted by Gasteiger charge is -2.28. The molecule has 0 radical (unpaired) electrons. The highest BCUT2D eigenvalue weighted by atomic mass is 32.2. The monoisotopic (exact) mass is 586 g/mol. The highest BCUT2D eigenvalue weighted by Crippen LogP contribution is 2.41. The van der Waals surface area contributed by atoms with Gasteiger partial charge in [0.1, 0.15) is 22.1 Å². The van der Waals surface area contributed by atoms with Crippen molar-refractivity contribution in [2.24, 2.45) is 4.99 Å². The Hall–Kier alpha value is -4.31. The van der Waals surface area contributed by atoms with Gasteiger partial charge in [0, 0.05) is 30.5 Å². The highest BCUT2D eigenvalue weighted by Gasteiger charge is 2.33. The van der Waals surface area contributed by atoms with E-state index >= 15 is 0 Å². The number of hydrogen-bond acceptors (Lipinski definition) is 8. The third-order valence-electron chi connectivity index (χ3n) is 7.50. The molecule has 0 unspecified atom stereocenters. The number of rotatable bonds is 7. The van der Waals surface area contributed by atoms with Crippen molar-refractivity contribution in [2.45, 2.75) is 47.0 Å². The predicted octanol–water partition coefficient (Wildman–Crippen LogP) is 7.49. The SMILES string of the molecule is CCOC(=O)C1=C(O)/C(=C/c2cc(C)n(-c3ccc(N4CCCCC4)c([N+](=O)[O-])c3)c2C)SC1=Nc1ccc(C)cc1. The van der Waals surface area contributed by atoms with E-state index in [-0.39, 0.29) is 28.5 Å². The summed E-state index contributed by atoms with van der Waals surface area (Å²) in [7, 11) is 0. The van der Waals surface area contributed by atoms with Crippen LogP contribution in [0.1, 0.15) is 48.7 Å². The number of piperidine rings is 1. The fourth-order valence-electron chi connectivity index (χ4n) is 5.40. The molecule has 5 rings (SSSR count). The number of aliphatic imine (C=N–C) groups is 1. The van der Waals surface area contributed by atoms with Gasteiger partial charge in [-0.1, -0.05) is 29.5 Å². The number of anilines is 1. The molecular formula is C32H34N4O5S. The van der Waals surface area contributed by atoms with E-state index in [1.807, 2.05) is 73.9 Å². The van der Waals surface area contributed by atoms with Crippen LogP contribution in [0.4, 0.5) is 17.1 Å². The van der Waals surface area contributed by atoms with Crippen molar-refractivity contribution in [1.82, 2.24) is 4.57 Å². The number of aliphatic hydroxyl groups is 1. The number of nitro benzene ring substituents is 1. The molecule has 3 aromatic rings. The first-order valence-corrected chi connectivity index (χ1v) is 14.9. The number of hydrogen-bond donors (Lipinski definition) is 1. The quantitative estimate of drug-likeness (QED) is 0.173. The van der Waals surface area contributed by atoms with Gasteiger partial charge >= 0.3 is 5.97 Å². The zero-order valence-electron chi connectivity index (χ0n) is 24.2. The Labute approximate surface area is 249 Å².